The molecular weight excluding hydrogens is 290 g/mol. The fraction of sp³-hybridized carbons (Fsp3) is 0.706. The Labute approximate surface area is 138 Å². The number of hydrogen-bond acceptors (Lipinski definition) is 5. The summed E-state index contributed by atoms with van der Waals surface area (Å²) < 4.78 is 0. The van der Waals surface area contributed by atoms with Crippen molar-refractivity contribution in [2.45, 2.75) is 51.0 Å². The maximum absolute atomic E-state index is 11.9. The first-order valence-electron chi connectivity index (χ1n) is 8.80. The van der Waals surface area contributed by atoms with Crippen molar-refractivity contribution in [3.63, 3.8) is 0 Å². The van der Waals surface area contributed by atoms with E-state index in [2.05, 4.69) is 15.3 Å². The lowest BCUT2D eigenvalue weighted by Crippen LogP contribution is -2.48. The molecule has 0 atom stereocenters. The summed E-state index contributed by atoms with van der Waals surface area (Å²) in [4.78, 5) is 24.4. The molecule has 6 nitrogen and oxygen atoms in total. The topological polar surface area (TPSA) is 61.4 Å². The van der Waals surface area contributed by atoms with Gasteiger partial charge in [-0.05, 0) is 12.8 Å². The number of hydrogen-bond donors (Lipinski definition) is 1. The van der Waals surface area contributed by atoms with Crippen LogP contribution in [0.1, 0.15) is 44.9 Å². The summed E-state index contributed by atoms with van der Waals surface area (Å²) in [7, 11) is 1.85. The molecule has 1 aromatic rings. The third kappa shape index (κ3) is 4.33. The molecule has 0 radical (unpaired) electrons. The third-order valence-corrected chi connectivity index (χ3v) is 4.89. The molecule has 126 valence electrons. The van der Waals surface area contributed by atoms with E-state index in [1.807, 2.05) is 18.0 Å². The highest BCUT2D eigenvalue weighted by Gasteiger charge is 2.22. The summed E-state index contributed by atoms with van der Waals surface area (Å²) in [5.41, 5.74) is 0. The minimum absolute atomic E-state index is 0.143. The molecule has 1 aliphatic carbocycles. The molecule has 1 amide bonds. The molecular formula is C17H27N5O. The van der Waals surface area contributed by atoms with Crippen LogP contribution in [0.4, 0.5) is 11.6 Å². The van der Waals surface area contributed by atoms with E-state index in [1.165, 1.54) is 44.9 Å². The minimum Gasteiger partial charge on any atom is -0.367 e. The first kappa shape index (κ1) is 16.0. The van der Waals surface area contributed by atoms with Gasteiger partial charge in [-0.3, -0.25) is 4.79 Å². The highest BCUT2D eigenvalue weighted by molar-refractivity contribution is 5.82. The molecule has 1 aliphatic heterocycles. The van der Waals surface area contributed by atoms with Gasteiger partial charge < -0.3 is 15.1 Å². The Hall–Kier alpha value is -1.85. The van der Waals surface area contributed by atoms with Crippen LogP contribution in [0.3, 0.4) is 0 Å². The molecule has 1 aromatic heterocycles. The number of anilines is 2. The Balaban J connectivity index is 1.63. The van der Waals surface area contributed by atoms with E-state index in [1.54, 1.807) is 11.2 Å². The van der Waals surface area contributed by atoms with Crippen molar-refractivity contribution in [3.05, 3.63) is 12.4 Å². The maximum Gasteiger partial charge on any atom is 0.241 e. The van der Waals surface area contributed by atoms with E-state index in [9.17, 15) is 4.79 Å². The quantitative estimate of drug-likeness (QED) is 0.927. The maximum atomic E-state index is 11.9. The van der Waals surface area contributed by atoms with Crippen molar-refractivity contribution in [1.29, 1.82) is 0 Å². The van der Waals surface area contributed by atoms with Crippen LogP contribution in [0.2, 0.25) is 0 Å². The normalized spacial score (nSPS) is 21.0. The predicted molar refractivity (Wildman–Crippen MR) is 91.6 cm³/mol. The van der Waals surface area contributed by atoms with E-state index >= 15 is 0 Å². The van der Waals surface area contributed by atoms with E-state index < -0.39 is 0 Å². The number of aromatic nitrogens is 2. The van der Waals surface area contributed by atoms with Crippen molar-refractivity contribution in [2.24, 2.45) is 0 Å². The number of rotatable bonds is 3. The Morgan fingerprint density at radius 3 is 2.57 bits per heavy atom. The molecule has 2 heterocycles. The van der Waals surface area contributed by atoms with Crippen molar-refractivity contribution in [1.82, 2.24) is 14.9 Å². The zero-order valence-electron chi connectivity index (χ0n) is 14.0. The second kappa shape index (κ2) is 7.62. The number of likely N-dealkylation sites (N-methyl/N-ethyl adjacent to an activating group) is 1. The number of carbonyl (C=O) groups excluding carboxylic acids is 1. The number of nitrogens with one attached hydrogen (secondary N) is 1. The number of carbonyl (C=O) groups is 1. The summed E-state index contributed by atoms with van der Waals surface area (Å²) in [6, 6.07) is 2.49. The van der Waals surface area contributed by atoms with Gasteiger partial charge in [-0.25, -0.2) is 9.97 Å². The van der Waals surface area contributed by atoms with Gasteiger partial charge in [0.1, 0.15) is 18.0 Å². The molecule has 3 rings (SSSR count). The zero-order chi connectivity index (χ0) is 16.1. The molecule has 2 aliphatic rings. The van der Waals surface area contributed by atoms with Crippen LogP contribution in [-0.4, -0.2) is 53.5 Å². The fourth-order valence-corrected chi connectivity index (χ4v) is 3.36. The number of piperazine rings is 1. The summed E-state index contributed by atoms with van der Waals surface area (Å²) in [6.07, 6.45) is 10.7. The smallest absolute Gasteiger partial charge is 0.241 e. The number of nitrogens with zero attached hydrogens (tertiary/aromatic N) is 4. The first-order chi connectivity index (χ1) is 11.2. The average molecular weight is 317 g/mol. The van der Waals surface area contributed by atoms with Crippen molar-refractivity contribution >= 4 is 17.5 Å². The van der Waals surface area contributed by atoms with Crippen molar-refractivity contribution in [3.8, 4) is 0 Å². The van der Waals surface area contributed by atoms with Gasteiger partial charge in [-0.1, -0.05) is 32.1 Å². The number of amides is 1. The summed E-state index contributed by atoms with van der Waals surface area (Å²) in [5, 5.41) is 3.57. The van der Waals surface area contributed by atoms with Crippen LogP contribution < -0.4 is 10.2 Å². The molecule has 0 spiro atoms. The standard InChI is InChI=1S/C17H27N5O/c1-21-9-10-22(12-17(21)23)16-11-15(18-13-19-16)20-14-7-5-3-2-4-6-8-14/h11,13-14H,2-10,12H2,1H3,(H,18,19,20). The van der Waals surface area contributed by atoms with Gasteiger partial charge in [0.25, 0.3) is 0 Å². The van der Waals surface area contributed by atoms with Crippen LogP contribution in [0, 0.1) is 0 Å². The fourth-order valence-electron chi connectivity index (χ4n) is 3.36. The van der Waals surface area contributed by atoms with Gasteiger partial charge in [0.15, 0.2) is 0 Å². The van der Waals surface area contributed by atoms with E-state index in [0.717, 1.165) is 24.7 Å². The van der Waals surface area contributed by atoms with E-state index in [-0.39, 0.29) is 5.91 Å². The van der Waals surface area contributed by atoms with Gasteiger partial charge in [0.2, 0.25) is 5.91 Å². The Kier molecular flexibility index (Phi) is 5.31. The lowest BCUT2D eigenvalue weighted by atomic mass is 9.97. The molecule has 2 fully saturated rings. The van der Waals surface area contributed by atoms with E-state index in [0.29, 0.717) is 12.6 Å². The summed E-state index contributed by atoms with van der Waals surface area (Å²) in [6.45, 7) is 1.97. The molecule has 1 N–H and O–H groups in total. The average Bonchev–Trinajstić information content (AvgIpc) is 2.53. The Morgan fingerprint density at radius 2 is 1.83 bits per heavy atom. The minimum atomic E-state index is 0.143. The lowest BCUT2D eigenvalue weighted by molar-refractivity contribution is -0.129. The second-order valence-corrected chi connectivity index (χ2v) is 6.68. The molecule has 1 saturated heterocycles. The highest BCUT2D eigenvalue weighted by Crippen LogP contribution is 2.22. The zero-order valence-corrected chi connectivity index (χ0v) is 14.0. The monoisotopic (exact) mass is 317 g/mol. The van der Waals surface area contributed by atoms with Gasteiger partial charge in [0, 0.05) is 32.2 Å². The summed E-state index contributed by atoms with van der Waals surface area (Å²) in [5.74, 6) is 1.87. The van der Waals surface area contributed by atoms with Gasteiger partial charge in [-0.2, -0.15) is 0 Å². The molecule has 0 aromatic carbocycles. The third-order valence-electron chi connectivity index (χ3n) is 4.89. The van der Waals surface area contributed by atoms with Crippen LogP contribution in [0.5, 0.6) is 0 Å². The molecule has 0 bridgehead atoms. The largest absolute Gasteiger partial charge is 0.367 e. The van der Waals surface area contributed by atoms with Gasteiger partial charge >= 0.3 is 0 Å². The highest BCUT2D eigenvalue weighted by atomic mass is 16.2. The van der Waals surface area contributed by atoms with Crippen molar-refractivity contribution < 1.29 is 4.79 Å². The van der Waals surface area contributed by atoms with Gasteiger partial charge in [0.05, 0.1) is 6.54 Å². The molecule has 23 heavy (non-hydrogen) atoms. The van der Waals surface area contributed by atoms with Crippen LogP contribution in [0.25, 0.3) is 0 Å². The second-order valence-electron chi connectivity index (χ2n) is 6.68. The molecule has 1 saturated carbocycles. The predicted octanol–water partition coefficient (Wildman–Crippen LogP) is 2.28. The molecule has 6 heteroatoms. The molecule has 0 unspecified atom stereocenters. The van der Waals surface area contributed by atoms with Crippen LogP contribution in [0.15, 0.2) is 12.4 Å². The SMILES string of the molecule is CN1CCN(c2cc(NC3CCCCCCC3)ncn2)CC1=O. The van der Waals surface area contributed by atoms with Crippen LogP contribution in [-0.2, 0) is 4.79 Å². The summed E-state index contributed by atoms with van der Waals surface area (Å²) >= 11 is 0. The Morgan fingerprint density at radius 1 is 1.09 bits per heavy atom. The van der Waals surface area contributed by atoms with Gasteiger partial charge in [-0.15, -0.1) is 0 Å². The Bertz CT molecular complexity index is 527. The first-order valence-corrected chi connectivity index (χ1v) is 8.80. The van der Waals surface area contributed by atoms with E-state index in [4.69, 9.17) is 0 Å². The lowest BCUT2D eigenvalue weighted by Gasteiger charge is -2.32. The van der Waals surface area contributed by atoms with Crippen molar-refractivity contribution in [2.75, 3.05) is 36.9 Å². The van der Waals surface area contributed by atoms with Crippen LogP contribution >= 0.6 is 0 Å².